The van der Waals surface area contributed by atoms with Crippen LogP contribution in [0.25, 0.3) is 79.8 Å². The zero-order chi connectivity index (χ0) is 47.7. The highest BCUT2D eigenvalue weighted by molar-refractivity contribution is 5.97. The molecule has 6 bridgehead atoms. The van der Waals surface area contributed by atoms with Crippen LogP contribution in [-0.4, -0.2) is 111 Å². The van der Waals surface area contributed by atoms with E-state index in [0.29, 0.717) is 25.5 Å². The predicted octanol–water partition coefficient (Wildman–Crippen LogP) is 11.1. The van der Waals surface area contributed by atoms with Crippen LogP contribution in [-0.2, 0) is 7.05 Å². The third kappa shape index (κ3) is 11.3. The molecule has 4 aromatic carbocycles. The van der Waals surface area contributed by atoms with Gasteiger partial charge in [0, 0.05) is 54.6 Å². The lowest BCUT2D eigenvalue weighted by molar-refractivity contribution is 0.261. The smallest absolute Gasteiger partial charge is 0.119 e. The number of aromatic nitrogens is 3. The summed E-state index contributed by atoms with van der Waals surface area (Å²) in [6.07, 6.45) is 8.40. The summed E-state index contributed by atoms with van der Waals surface area (Å²) in [5.74, 6) is 2.44. The van der Waals surface area contributed by atoms with Crippen LogP contribution in [0.3, 0.4) is 0 Å². The zero-order valence-electron chi connectivity index (χ0n) is 40.7. The van der Waals surface area contributed by atoms with E-state index in [2.05, 4.69) is 136 Å². The van der Waals surface area contributed by atoms with Crippen molar-refractivity contribution in [3.63, 3.8) is 0 Å². The maximum Gasteiger partial charge on any atom is 0.119 e. The Morgan fingerprint density at radius 1 is 0.441 bits per heavy atom. The van der Waals surface area contributed by atoms with E-state index in [1.165, 1.54) is 0 Å². The largest absolute Gasteiger partial charge is 0.492 e. The topological polar surface area (TPSA) is 94.1 Å². The van der Waals surface area contributed by atoms with Crippen LogP contribution in [0.5, 0.6) is 17.2 Å². The van der Waals surface area contributed by atoms with Gasteiger partial charge in [0.05, 0.1) is 33.8 Å². The highest BCUT2D eigenvalue weighted by Gasteiger charge is 2.19. The normalized spacial score (nSPS) is 11.9. The Hall–Kier alpha value is -7.24. The van der Waals surface area contributed by atoms with E-state index in [1.807, 2.05) is 90.8 Å². The van der Waals surface area contributed by atoms with Gasteiger partial charge in [-0.05, 0) is 150 Å². The van der Waals surface area contributed by atoms with Gasteiger partial charge in [0.15, 0.2) is 0 Å². The fraction of sp³-hybridized carbons (Fsp3) is 0.241. The van der Waals surface area contributed by atoms with E-state index in [-0.39, 0.29) is 0 Å². The van der Waals surface area contributed by atoms with Gasteiger partial charge in [0.25, 0.3) is 0 Å². The van der Waals surface area contributed by atoms with Crippen LogP contribution in [0.2, 0.25) is 0 Å². The van der Waals surface area contributed by atoms with E-state index in [9.17, 15) is 0 Å². The van der Waals surface area contributed by atoms with Gasteiger partial charge in [0.2, 0.25) is 0 Å². The number of nitrogens with two attached hydrogens (primary N) is 1. The summed E-state index contributed by atoms with van der Waals surface area (Å²) in [4.78, 5) is 17.2. The Morgan fingerprint density at radius 3 is 1.25 bits per heavy atom. The number of likely N-dealkylation sites (N-methyl/N-ethyl adjacent to an activating group) is 3. The Labute approximate surface area is 401 Å². The number of fused-ring (bicyclic) bond motifs is 6. The second-order valence-corrected chi connectivity index (χ2v) is 18.0. The first kappa shape index (κ1) is 47.3. The van der Waals surface area contributed by atoms with Gasteiger partial charge >= 0.3 is 0 Å². The molecule has 2 aliphatic rings. The average Bonchev–Trinajstić information content (AvgIpc) is 4.09. The van der Waals surface area contributed by atoms with Crippen LogP contribution in [0.4, 0.5) is 5.69 Å². The molecular weight excluding hydrogens is 843 g/mol. The van der Waals surface area contributed by atoms with Gasteiger partial charge in [-0.25, -0.2) is 9.97 Å². The number of benzene rings is 4. The first-order chi connectivity index (χ1) is 32.9. The summed E-state index contributed by atoms with van der Waals surface area (Å²) >= 11 is 0. The summed E-state index contributed by atoms with van der Waals surface area (Å²) in [5.41, 5.74) is 21.9. The quantitative estimate of drug-likeness (QED) is 0.102. The summed E-state index contributed by atoms with van der Waals surface area (Å²) in [7, 11) is 14.4. The standard InChI is InChI=1S/C58H63N7O3/c1-40-12-14-42(15-13-40)56-49(59)11-9-10-48(41-16-22-45(23-17-41)66-37-34-62(2)3)50-28-29-52(60-50)57(43-18-24-46(25-19-43)67-38-35-63(4)5)54-32-33-55(65(54)8)58(53-31-30-51(56)61-53)44-20-26-47(27-21-44)68-39-36-64(6)7/h9-33H,34-39,59H2,1-8H3. The monoisotopic (exact) mass is 905 g/mol. The number of ether oxygens (including phenoxy) is 3. The summed E-state index contributed by atoms with van der Waals surface area (Å²) in [6, 6.07) is 43.8. The van der Waals surface area contributed by atoms with Crippen molar-refractivity contribution < 1.29 is 14.2 Å². The van der Waals surface area contributed by atoms with Crippen LogP contribution >= 0.6 is 0 Å². The van der Waals surface area contributed by atoms with E-state index in [4.69, 9.17) is 29.9 Å². The molecule has 0 radical (unpaired) electrons. The van der Waals surface area contributed by atoms with Crippen LogP contribution < -0.4 is 19.9 Å². The SMILES string of the molecule is Cc1ccc(-c2c(N)cccc(-c3ccc(OCCN(C)C)cc3)c3nc(c(-c4ccc(OCCN(C)C)cc4)c4ccc(c(-c5ccc(OCCN(C)C)cc5)c5nc2C=C5)n4C)C=C3)cc1. The van der Waals surface area contributed by atoms with Crippen LogP contribution in [0.1, 0.15) is 28.3 Å². The molecule has 0 aliphatic carbocycles. The summed E-state index contributed by atoms with van der Waals surface area (Å²) < 4.78 is 20.6. The van der Waals surface area contributed by atoms with Crippen LogP contribution in [0.15, 0.2) is 127 Å². The van der Waals surface area contributed by atoms with Crippen molar-refractivity contribution in [3.05, 3.63) is 156 Å². The highest BCUT2D eigenvalue weighted by atomic mass is 16.5. The fourth-order valence-electron chi connectivity index (χ4n) is 8.21. The van der Waals surface area contributed by atoms with Crippen molar-refractivity contribution in [1.82, 2.24) is 29.2 Å². The van der Waals surface area contributed by atoms with E-state index >= 15 is 0 Å². The first-order valence-electron chi connectivity index (χ1n) is 23.2. The molecule has 2 aliphatic heterocycles. The van der Waals surface area contributed by atoms with Gasteiger partial charge < -0.3 is 39.2 Å². The van der Waals surface area contributed by atoms with Gasteiger partial charge in [-0.15, -0.1) is 0 Å². The zero-order valence-corrected chi connectivity index (χ0v) is 40.7. The third-order valence-corrected chi connectivity index (χ3v) is 12.0. The molecule has 2 aromatic heterocycles. The molecule has 348 valence electrons. The number of aryl methyl sites for hydroxylation is 2. The number of anilines is 1. The van der Waals surface area contributed by atoms with Gasteiger partial charge in [-0.3, -0.25) is 0 Å². The summed E-state index contributed by atoms with van der Waals surface area (Å²) in [5, 5.41) is 0. The molecule has 10 heteroatoms. The highest BCUT2D eigenvalue weighted by Crippen LogP contribution is 2.39. The lowest BCUT2D eigenvalue weighted by Gasteiger charge is -2.13. The van der Waals surface area contributed by atoms with E-state index in [1.54, 1.807) is 0 Å². The molecule has 8 rings (SSSR count). The molecule has 10 nitrogen and oxygen atoms in total. The Kier molecular flexibility index (Phi) is 15.0. The molecule has 0 unspecified atom stereocenters. The maximum absolute atomic E-state index is 7.15. The molecule has 0 fully saturated rings. The third-order valence-electron chi connectivity index (χ3n) is 12.0. The average molecular weight is 906 g/mol. The molecular formula is C58H63N7O3. The minimum absolute atomic E-state index is 0.589. The molecule has 6 aromatic rings. The van der Waals surface area contributed by atoms with E-state index < -0.39 is 0 Å². The van der Waals surface area contributed by atoms with Crippen molar-refractivity contribution in [2.75, 3.05) is 87.5 Å². The van der Waals surface area contributed by atoms with Gasteiger partial charge in [0.1, 0.15) is 37.1 Å². The lowest BCUT2D eigenvalue weighted by Crippen LogP contribution is -2.19. The van der Waals surface area contributed by atoms with Crippen molar-refractivity contribution >= 4 is 41.0 Å². The second kappa shape index (κ2) is 21.6. The Balaban J connectivity index is 1.40. The minimum Gasteiger partial charge on any atom is -0.492 e. The number of rotatable bonds is 16. The predicted molar refractivity (Wildman–Crippen MR) is 283 cm³/mol. The van der Waals surface area contributed by atoms with Crippen molar-refractivity contribution in [3.8, 4) is 61.8 Å². The fourth-order valence-corrected chi connectivity index (χ4v) is 8.21. The molecule has 0 saturated heterocycles. The van der Waals surface area contributed by atoms with Crippen molar-refractivity contribution in [2.24, 2.45) is 7.05 Å². The van der Waals surface area contributed by atoms with E-state index in [0.717, 1.165) is 121 Å². The summed E-state index contributed by atoms with van der Waals surface area (Å²) in [6.45, 7) is 6.35. The molecule has 0 amide bonds. The molecule has 4 heterocycles. The van der Waals surface area contributed by atoms with Crippen molar-refractivity contribution in [1.29, 1.82) is 0 Å². The molecule has 0 saturated carbocycles. The molecule has 0 spiro atoms. The second-order valence-electron chi connectivity index (χ2n) is 18.0. The minimum atomic E-state index is 0.589. The lowest BCUT2D eigenvalue weighted by atomic mass is 10.0. The first-order valence-corrected chi connectivity index (χ1v) is 23.2. The molecule has 68 heavy (non-hydrogen) atoms. The van der Waals surface area contributed by atoms with Crippen molar-refractivity contribution in [2.45, 2.75) is 6.92 Å². The number of hydrogen-bond acceptors (Lipinski definition) is 9. The van der Waals surface area contributed by atoms with Gasteiger partial charge in [-0.2, -0.15) is 0 Å². The molecule has 2 N–H and O–H groups in total. The van der Waals surface area contributed by atoms with Gasteiger partial charge in [-0.1, -0.05) is 78.4 Å². The van der Waals surface area contributed by atoms with Crippen LogP contribution in [0, 0.1) is 6.92 Å². The number of nitrogen functional groups attached to an aromatic ring is 1. The number of hydrogen-bond donors (Lipinski definition) is 1. The number of nitrogens with zero attached hydrogens (tertiary/aromatic N) is 6. The maximum atomic E-state index is 7.15. The molecule has 0 atom stereocenters. The Bertz CT molecular complexity index is 2970. The Morgan fingerprint density at radius 2 is 0.809 bits per heavy atom.